The minimum absolute atomic E-state index is 0.0857. The summed E-state index contributed by atoms with van der Waals surface area (Å²) in [5.74, 6) is -0.344. The second kappa shape index (κ2) is 6.65. The van der Waals surface area contributed by atoms with Crippen LogP contribution in [-0.2, 0) is 16.2 Å². The van der Waals surface area contributed by atoms with Crippen LogP contribution in [0.1, 0.15) is 5.69 Å². The van der Waals surface area contributed by atoms with Crippen molar-refractivity contribution in [3.05, 3.63) is 71.4 Å². The van der Waals surface area contributed by atoms with Gasteiger partial charge in [0.2, 0.25) is 0 Å². The number of benzene rings is 2. The fourth-order valence-corrected chi connectivity index (χ4v) is 3.35. The average molecular weight is 402 g/mol. The Labute approximate surface area is 152 Å². The molecule has 2 aromatic carbocycles. The van der Waals surface area contributed by atoms with E-state index >= 15 is 0 Å². The first kappa shape index (κ1) is 18.3. The Kier molecular flexibility index (Phi) is 4.68. The average Bonchev–Trinajstić information content (AvgIpc) is 3.00. The van der Waals surface area contributed by atoms with Gasteiger partial charge in [-0.3, -0.25) is 4.72 Å². The van der Waals surface area contributed by atoms with Crippen LogP contribution in [0.3, 0.4) is 0 Å². The van der Waals surface area contributed by atoms with Gasteiger partial charge in [0.1, 0.15) is 5.82 Å². The Morgan fingerprint density at radius 2 is 1.62 bits per heavy atom. The molecule has 0 atom stereocenters. The van der Waals surface area contributed by atoms with Crippen LogP contribution in [0.15, 0.2) is 65.6 Å². The fourth-order valence-electron chi connectivity index (χ4n) is 2.17. The van der Waals surface area contributed by atoms with Gasteiger partial charge in [0.25, 0.3) is 10.0 Å². The van der Waals surface area contributed by atoms with Crippen molar-refractivity contribution in [3.63, 3.8) is 0 Å². The van der Waals surface area contributed by atoms with Gasteiger partial charge in [-0.15, -0.1) is 0 Å². The van der Waals surface area contributed by atoms with E-state index in [-0.39, 0.29) is 16.4 Å². The summed E-state index contributed by atoms with van der Waals surface area (Å²) < 4.78 is 67.0. The van der Waals surface area contributed by atoms with Crippen molar-refractivity contribution in [1.29, 1.82) is 0 Å². The van der Waals surface area contributed by atoms with Crippen molar-refractivity contribution in [2.24, 2.45) is 0 Å². The lowest BCUT2D eigenvalue weighted by molar-refractivity contribution is -0.141. The Balaban J connectivity index is 2.08. The molecule has 0 aliphatic carbocycles. The molecule has 136 valence electrons. The lowest BCUT2D eigenvalue weighted by Gasteiger charge is -2.10. The van der Waals surface area contributed by atoms with Crippen LogP contribution in [-0.4, -0.2) is 18.2 Å². The molecule has 0 saturated carbocycles. The highest BCUT2D eigenvalue weighted by molar-refractivity contribution is 7.92. The molecule has 1 N–H and O–H groups in total. The molecule has 10 heteroatoms. The second-order valence-electron chi connectivity index (χ2n) is 5.22. The highest BCUT2D eigenvalue weighted by atomic mass is 35.5. The Bertz CT molecular complexity index is 1020. The number of hydrogen-bond acceptors (Lipinski definition) is 3. The third-order valence-corrected chi connectivity index (χ3v) is 4.99. The topological polar surface area (TPSA) is 64.0 Å². The third kappa shape index (κ3) is 3.83. The molecule has 26 heavy (non-hydrogen) atoms. The first-order valence-corrected chi connectivity index (χ1v) is 9.04. The van der Waals surface area contributed by atoms with Gasteiger partial charge in [0, 0.05) is 11.1 Å². The van der Waals surface area contributed by atoms with Crippen LogP contribution in [0.5, 0.6) is 0 Å². The molecule has 0 spiro atoms. The highest BCUT2D eigenvalue weighted by Crippen LogP contribution is 2.32. The van der Waals surface area contributed by atoms with Crippen LogP contribution in [0, 0.1) is 0 Å². The molecule has 0 amide bonds. The number of rotatable bonds is 4. The standard InChI is InChI=1S/C16H11ClF3N3O2S/c17-11-6-8-12(9-7-11)23-15(10-14(21-23)16(18,19)20)22-26(24,25)13-4-2-1-3-5-13/h1-10,22H. The fraction of sp³-hybridized carbons (Fsp3) is 0.0625. The van der Waals surface area contributed by atoms with Crippen molar-refractivity contribution >= 4 is 27.4 Å². The number of anilines is 1. The van der Waals surface area contributed by atoms with E-state index in [0.29, 0.717) is 11.1 Å². The largest absolute Gasteiger partial charge is 0.435 e. The minimum atomic E-state index is -4.73. The lowest BCUT2D eigenvalue weighted by Crippen LogP contribution is -2.15. The zero-order valence-electron chi connectivity index (χ0n) is 12.9. The van der Waals surface area contributed by atoms with E-state index in [2.05, 4.69) is 9.82 Å². The molecule has 0 aliphatic heterocycles. The number of nitrogens with zero attached hydrogens (tertiary/aromatic N) is 2. The number of aromatic nitrogens is 2. The number of alkyl halides is 3. The summed E-state index contributed by atoms with van der Waals surface area (Å²) in [6, 6.07) is 13.7. The zero-order valence-corrected chi connectivity index (χ0v) is 14.5. The first-order valence-electron chi connectivity index (χ1n) is 7.18. The summed E-state index contributed by atoms with van der Waals surface area (Å²) in [5, 5.41) is 3.86. The smallest absolute Gasteiger partial charge is 0.263 e. The molecule has 0 bridgehead atoms. The molecule has 1 heterocycles. The van der Waals surface area contributed by atoms with E-state index in [1.165, 1.54) is 48.5 Å². The maximum atomic E-state index is 13.0. The predicted octanol–water partition coefficient (Wildman–Crippen LogP) is 4.35. The maximum absolute atomic E-state index is 13.0. The van der Waals surface area contributed by atoms with Crippen molar-refractivity contribution in [1.82, 2.24) is 9.78 Å². The predicted molar refractivity (Wildman–Crippen MR) is 90.8 cm³/mol. The maximum Gasteiger partial charge on any atom is 0.435 e. The molecular formula is C16H11ClF3N3O2S. The van der Waals surface area contributed by atoms with Crippen LogP contribution in [0.2, 0.25) is 5.02 Å². The normalized spacial score (nSPS) is 12.2. The minimum Gasteiger partial charge on any atom is -0.263 e. The quantitative estimate of drug-likeness (QED) is 0.707. The van der Waals surface area contributed by atoms with E-state index in [9.17, 15) is 21.6 Å². The summed E-state index contributed by atoms with van der Waals surface area (Å²) >= 11 is 5.78. The van der Waals surface area contributed by atoms with E-state index < -0.39 is 21.9 Å². The molecule has 3 rings (SSSR count). The van der Waals surface area contributed by atoms with Crippen LogP contribution in [0.4, 0.5) is 19.0 Å². The molecule has 0 radical (unpaired) electrons. The molecular weight excluding hydrogens is 391 g/mol. The van der Waals surface area contributed by atoms with Crippen molar-refractivity contribution in [3.8, 4) is 5.69 Å². The number of nitrogens with one attached hydrogen (secondary N) is 1. The summed E-state index contributed by atoms with van der Waals surface area (Å²) in [6.07, 6.45) is -4.73. The highest BCUT2D eigenvalue weighted by Gasteiger charge is 2.35. The van der Waals surface area contributed by atoms with Gasteiger partial charge < -0.3 is 0 Å². The Morgan fingerprint density at radius 3 is 2.19 bits per heavy atom. The number of hydrogen-bond donors (Lipinski definition) is 1. The van der Waals surface area contributed by atoms with Crippen molar-refractivity contribution in [2.45, 2.75) is 11.1 Å². The van der Waals surface area contributed by atoms with E-state index in [1.807, 2.05) is 0 Å². The van der Waals surface area contributed by atoms with Crippen LogP contribution in [0.25, 0.3) is 5.69 Å². The molecule has 1 aromatic heterocycles. The molecule has 0 fully saturated rings. The van der Waals surface area contributed by atoms with Crippen molar-refractivity contribution in [2.75, 3.05) is 4.72 Å². The number of sulfonamides is 1. The van der Waals surface area contributed by atoms with Gasteiger partial charge in [-0.2, -0.15) is 18.3 Å². The van der Waals surface area contributed by atoms with Gasteiger partial charge in [-0.1, -0.05) is 29.8 Å². The Hall–Kier alpha value is -2.52. The van der Waals surface area contributed by atoms with E-state index in [4.69, 9.17) is 11.6 Å². The molecule has 0 unspecified atom stereocenters. The van der Waals surface area contributed by atoms with E-state index in [0.717, 1.165) is 4.68 Å². The monoisotopic (exact) mass is 401 g/mol. The zero-order chi connectivity index (χ0) is 18.9. The molecule has 3 aromatic rings. The molecule has 0 aliphatic rings. The summed E-state index contributed by atoms with van der Waals surface area (Å²) in [7, 11) is -4.09. The molecule has 0 saturated heterocycles. The SMILES string of the molecule is O=S(=O)(Nc1cc(C(F)(F)F)nn1-c1ccc(Cl)cc1)c1ccccc1. The van der Waals surface area contributed by atoms with Gasteiger partial charge in [0.05, 0.1) is 10.6 Å². The van der Waals surface area contributed by atoms with Crippen LogP contribution < -0.4 is 4.72 Å². The lowest BCUT2D eigenvalue weighted by atomic mass is 10.3. The van der Waals surface area contributed by atoms with Gasteiger partial charge in [-0.05, 0) is 36.4 Å². The summed E-state index contributed by atoms with van der Waals surface area (Å²) in [5.41, 5.74) is -1.01. The number of halogens is 4. The van der Waals surface area contributed by atoms with Gasteiger partial charge in [-0.25, -0.2) is 13.1 Å². The summed E-state index contributed by atoms with van der Waals surface area (Å²) in [6.45, 7) is 0. The second-order valence-corrected chi connectivity index (χ2v) is 7.34. The van der Waals surface area contributed by atoms with E-state index in [1.54, 1.807) is 6.07 Å². The first-order chi connectivity index (χ1) is 12.2. The molecule has 5 nitrogen and oxygen atoms in total. The van der Waals surface area contributed by atoms with Crippen LogP contribution >= 0.6 is 11.6 Å². The Morgan fingerprint density at radius 1 is 1.00 bits per heavy atom. The summed E-state index contributed by atoms with van der Waals surface area (Å²) in [4.78, 5) is -0.0857. The van der Waals surface area contributed by atoms with Crippen molar-refractivity contribution < 1.29 is 21.6 Å². The third-order valence-electron chi connectivity index (χ3n) is 3.36. The van der Waals surface area contributed by atoms with Gasteiger partial charge in [0.15, 0.2) is 5.69 Å². The van der Waals surface area contributed by atoms with Gasteiger partial charge >= 0.3 is 6.18 Å².